The lowest BCUT2D eigenvalue weighted by atomic mass is 10.00. The lowest BCUT2D eigenvalue weighted by molar-refractivity contribution is -0.134. The summed E-state index contributed by atoms with van der Waals surface area (Å²) < 4.78 is 5.81. The molecule has 0 spiro atoms. The molecule has 2 aromatic rings. The number of hydrogen-bond acceptors (Lipinski definition) is 5. The first kappa shape index (κ1) is 19.0. The zero-order valence-electron chi connectivity index (χ0n) is 16.0. The summed E-state index contributed by atoms with van der Waals surface area (Å²) in [5.74, 6) is 0.677. The molecule has 5 nitrogen and oxygen atoms in total. The number of carbonyl (C=O) groups excluding carboxylic acids is 1. The summed E-state index contributed by atoms with van der Waals surface area (Å²) in [6.45, 7) is 9.04. The zero-order valence-corrected chi connectivity index (χ0v) is 16.8. The van der Waals surface area contributed by atoms with Gasteiger partial charge in [-0.15, -0.1) is 10.2 Å². The third-order valence-corrected chi connectivity index (χ3v) is 5.80. The molecular formula is C20H27N3O2S. The van der Waals surface area contributed by atoms with Gasteiger partial charge in [0, 0.05) is 18.2 Å². The lowest BCUT2D eigenvalue weighted by Crippen LogP contribution is -2.46. The monoisotopic (exact) mass is 373 g/mol. The van der Waals surface area contributed by atoms with Gasteiger partial charge in [0.25, 0.3) is 5.22 Å². The normalized spacial score (nSPS) is 18.8. The van der Waals surface area contributed by atoms with Crippen molar-refractivity contribution in [2.75, 3.05) is 6.54 Å². The number of piperidine rings is 1. The molecule has 0 aliphatic carbocycles. The second-order valence-electron chi connectivity index (χ2n) is 7.10. The maximum Gasteiger partial charge on any atom is 0.277 e. The number of aromatic nitrogens is 2. The van der Waals surface area contributed by atoms with Gasteiger partial charge in [-0.1, -0.05) is 35.9 Å². The maximum atomic E-state index is 12.9. The number of hydrogen-bond donors (Lipinski definition) is 0. The SMILES string of the molecule is CCC1CCCCN1C(=O)C(C)Sc1nnc(-c2cc(C)cc(C)c2)o1. The lowest BCUT2D eigenvalue weighted by Gasteiger charge is -2.36. The summed E-state index contributed by atoms with van der Waals surface area (Å²) in [5.41, 5.74) is 3.24. The van der Waals surface area contributed by atoms with Crippen LogP contribution in [0.25, 0.3) is 11.5 Å². The third-order valence-electron chi connectivity index (χ3n) is 4.88. The summed E-state index contributed by atoms with van der Waals surface area (Å²) in [5, 5.41) is 8.52. The fourth-order valence-corrected chi connectivity index (χ4v) is 4.38. The Morgan fingerprint density at radius 3 is 2.69 bits per heavy atom. The van der Waals surface area contributed by atoms with Crippen molar-refractivity contribution in [2.45, 2.75) is 69.9 Å². The third kappa shape index (κ3) is 4.29. The Morgan fingerprint density at radius 2 is 2.00 bits per heavy atom. The minimum atomic E-state index is -0.227. The summed E-state index contributed by atoms with van der Waals surface area (Å²) >= 11 is 1.35. The van der Waals surface area contributed by atoms with Crippen LogP contribution in [0.15, 0.2) is 27.8 Å². The van der Waals surface area contributed by atoms with Gasteiger partial charge in [0.05, 0.1) is 5.25 Å². The van der Waals surface area contributed by atoms with Crippen LogP contribution in [0.1, 0.15) is 50.7 Å². The maximum absolute atomic E-state index is 12.9. The van der Waals surface area contributed by atoms with E-state index in [1.165, 1.54) is 18.2 Å². The van der Waals surface area contributed by atoms with Crippen LogP contribution in [-0.2, 0) is 4.79 Å². The van der Waals surface area contributed by atoms with E-state index >= 15 is 0 Å². The van der Waals surface area contributed by atoms with Crippen LogP contribution < -0.4 is 0 Å². The van der Waals surface area contributed by atoms with Crippen molar-refractivity contribution >= 4 is 17.7 Å². The molecule has 6 heteroatoms. The Labute approximate surface area is 159 Å². The highest BCUT2D eigenvalue weighted by atomic mass is 32.2. The molecule has 140 valence electrons. The van der Waals surface area contributed by atoms with E-state index in [-0.39, 0.29) is 11.2 Å². The fourth-order valence-electron chi connectivity index (χ4n) is 3.62. The Morgan fingerprint density at radius 1 is 1.27 bits per heavy atom. The molecule has 0 N–H and O–H groups in total. The van der Waals surface area contributed by atoms with Gasteiger partial charge in [-0.2, -0.15) is 0 Å². The number of thioether (sulfide) groups is 1. The quantitative estimate of drug-likeness (QED) is 0.716. The van der Waals surface area contributed by atoms with Crippen LogP contribution in [0.5, 0.6) is 0 Å². The van der Waals surface area contributed by atoms with Gasteiger partial charge in [0.15, 0.2) is 0 Å². The number of rotatable bonds is 5. The minimum Gasteiger partial charge on any atom is -0.411 e. The van der Waals surface area contributed by atoms with Crippen molar-refractivity contribution in [2.24, 2.45) is 0 Å². The summed E-state index contributed by atoms with van der Waals surface area (Å²) in [6, 6.07) is 6.54. The molecular weight excluding hydrogens is 346 g/mol. The highest BCUT2D eigenvalue weighted by Crippen LogP contribution is 2.29. The molecule has 1 aliphatic heterocycles. The van der Waals surface area contributed by atoms with Crippen LogP contribution in [-0.4, -0.2) is 38.8 Å². The number of benzene rings is 1. The summed E-state index contributed by atoms with van der Waals surface area (Å²) in [4.78, 5) is 14.9. The van der Waals surface area contributed by atoms with Crippen molar-refractivity contribution in [1.82, 2.24) is 15.1 Å². The highest BCUT2D eigenvalue weighted by molar-refractivity contribution is 8.00. The van der Waals surface area contributed by atoms with Crippen molar-refractivity contribution in [3.63, 3.8) is 0 Å². The number of likely N-dealkylation sites (tertiary alicyclic amines) is 1. The molecule has 1 amide bonds. The van der Waals surface area contributed by atoms with Crippen LogP contribution in [0, 0.1) is 13.8 Å². The van der Waals surface area contributed by atoms with Crippen molar-refractivity contribution in [1.29, 1.82) is 0 Å². The molecule has 2 atom stereocenters. The van der Waals surface area contributed by atoms with Crippen LogP contribution >= 0.6 is 11.8 Å². The van der Waals surface area contributed by atoms with Crippen LogP contribution in [0.4, 0.5) is 0 Å². The van der Waals surface area contributed by atoms with Gasteiger partial charge >= 0.3 is 0 Å². The topological polar surface area (TPSA) is 59.2 Å². The Balaban J connectivity index is 1.69. The molecule has 1 aromatic carbocycles. The van der Waals surface area contributed by atoms with E-state index in [0.29, 0.717) is 17.2 Å². The van der Waals surface area contributed by atoms with Crippen LogP contribution in [0.3, 0.4) is 0 Å². The van der Waals surface area contributed by atoms with Crippen molar-refractivity contribution in [3.05, 3.63) is 29.3 Å². The summed E-state index contributed by atoms with van der Waals surface area (Å²) in [7, 11) is 0. The molecule has 2 unspecified atom stereocenters. The predicted molar refractivity (Wildman–Crippen MR) is 104 cm³/mol. The Bertz CT molecular complexity index is 754. The number of aryl methyl sites for hydroxylation is 2. The first-order valence-corrected chi connectivity index (χ1v) is 10.2. The molecule has 3 rings (SSSR count). The standard InChI is InChI=1S/C20H27N3O2S/c1-5-17-8-6-7-9-23(17)19(24)15(4)26-20-22-21-18(25-20)16-11-13(2)10-14(3)12-16/h10-12,15,17H,5-9H2,1-4H3. The van der Waals surface area contributed by atoms with Gasteiger partial charge < -0.3 is 9.32 Å². The van der Waals surface area contributed by atoms with Gasteiger partial charge in [-0.25, -0.2) is 0 Å². The van der Waals surface area contributed by atoms with Crippen molar-refractivity contribution in [3.8, 4) is 11.5 Å². The number of carbonyl (C=O) groups is 1. The molecule has 1 fully saturated rings. The fraction of sp³-hybridized carbons (Fsp3) is 0.550. The van der Waals surface area contributed by atoms with E-state index in [0.717, 1.165) is 42.5 Å². The van der Waals surface area contributed by atoms with Gasteiger partial charge in [-0.3, -0.25) is 4.79 Å². The average Bonchev–Trinajstić information content (AvgIpc) is 3.08. The molecule has 0 radical (unpaired) electrons. The molecule has 26 heavy (non-hydrogen) atoms. The Hall–Kier alpha value is -1.82. The van der Waals surface area contributed by atoms with Crippen LogP contribution in [0.2, 0.25) is 0 Å². The van der Waals surface area contributed by atoms with E-state index in [2.05, 4.69) is 23.2 Å². The number of nitrogens with zero attached hydrogens (tertiary/aromatic N) is 3. The van der Waals surface area contributed by atoms with Crippen molar-refractivity contribution < 1.29 is 9.21 Å². The number of amides is 1. The molecule has 0 saturated carbocycles. The Kier molecular flexibility index (Phi) is 6.01. The zero-order chi connectivity index (χ0) is 18.7. The van der Waals surface area contributed by atoms with E-state index in [1.54, 1.807) is 0 Å². The van der Waals surface area contributed by atoms with Gasteiger partial charge in [-0.05, 0) is 58.6 Å². The van der Waals surface area contributed by atoms with Gasteiger partial charge in [0.2, 0.25) is 11.8 Å². The largest absolute Gasteiger partial charge is 0.411 e. The van der Waals surface area contributed by atoms with Gasteiger partial charge in [0.1, 0.15) is 0 Å². The molecule has 0 bridgehead atoms. The first-order chi connectivity index (χ1) is 12.5. The molecule has 2 heterocycles. The molecule has 1 saturated heterocycles. The average molecular weight is 374 g/mol. The second kappa shape index (κ2) is 8.25. The molecule has 1 aromatic heterocycles. The minimum absolute atomic E-state index is 0.174. The first-order valence-electron chi connectivity index (χ1n) is 9.37. The molecule has 1 aliphatic rings. The van der Waals surface area contributed by atoms with E-state index in [1.807, 2.05) is 37.8 Å². The highest BCUT2D eigenvalue weighted by Gasteiger charge is 2.30. The van der Waals surface area contributed by atoms with E-state index in [9.17, 15) is 4.79 Å². The second-order valence-corrected chi connectivity index (χ2v) is 8.39. The summed E-state index contributed by atoms with van der Waals surface area (Å²) in [6.07, 6.45) is 4.43. The predicted octanol–water partition coefficient (Wildman–Crippen LogP) is 4.63. The van der Waals surface area contributed by atoms with E-state index in [4.69, 9.17) is 4.42 Å². The smallest absolute Gasteiger partial charge is 0.277 e. The van der Waals surface area contributed by atoms with E-state index < -0.39 is 0 Å².